The lowest BCUT2D eigenvalue weighted by molar-refractivity contribution is -0.385. The maximum Gasteiger partial charge on any atom is 0.308 e. The van der Waals surface area contributed by atoms with Crippen molar-refractivity contribution in [2.45, 2.75) is 39.3 Å². The molecule has 0 atom stereocenters. The highest BCUT2D eigenvalue weighted by Gasteiger charge is 2.21. The third-order valence-corrected chi connectivity index (χ3v) is 3.13. The van der Waals surface area contributed by atoms with Crippen LogP contribution in [-0.4, -0.2) is 40.4 Å². The summed E-state index contributed by atoms with van der Waals surface area (Å²) < 4.78 is 19.1. The molecule has 0 unspecified atom stereocenters. The van der Waals surface area contributed by atoms with Crippen molar-refractivity contribution in [2.24, 2.45) is 5.73 Å². The lowest BCUT2D eigenvalue weighted by Crippen LogP contribution is -2.38. The molecule has 0 aliphatic rings. The second kappa shape index (κ2) is 8.52. The molecule has 25 heavy (non-hydrogen) atoms. The van der Waals surface area contributed by atoms with Crippen LogP contribution >= 0.6 is 0 Å². The van der Waals surface area contributed by atoms with Gasteiger partial charge in [-0.3, -0.25) is 19.7 Å². The van der Waals surface area contributed by atoms with Crippen molar-refractivity contribution < 1.29 is 23.6 Å². The number of nitrogens with two attached hydrogens (primary N) is 1. The fraction of sp³-hybridized carbons (Fsp3) is 0.500. The number of hydrogen-bond acceptors (Lipinski definition) is 6. The van der Waals surface area contributed by atoms with Gasteiger partial charge in [-0.1, -0.05) is 0 Å². The lowest BCUT2D eigenvalue weighted by atomic mass is 10.1. The van der Waals surface area contributed by atoms with Gasteiger partial charge in [-0.25, -0.2) is 4.39 Å². The van der Waals surface area contributed by atoms with E-state index in [1.54, 1.807) is 20.8 Å². The van der Waals surface area contributed by atoms with E-state index in [9.17, 15) is 24.1 Å². The zero-order valence-corrected chi connectivity index (χ0v) is 14.5. The number of rotatable bonds is 7. The van der Waals surface area contributed by atoms with Crippen molar-refractivity contribution in [2.75, 3.05) is 13.1 Å². The number of halogens is 1. The molecule has 0 fully saturated rings. The van der Waals surface area contributed by atoms with E-state index in [1.807, 2.05) is 0 Å². The number of benzene rings is 1. The topological polar surface area (TPSA) is 116 Å². The molecule has 0 aliphatic heterocycles. The quantitative estimate of drug-likeness (QED) is 0.452. The van der Waals surface area contributed by atoms with E-state index in [4.69, 9.17) is 10.5 Å². The number of carbonyl (C=O) groups excluding carboxylic acids is 2. The van der Waals surface area contributed by atoms with E-state index >= 15 is 0 Å². The molecule has 0 aliphatic carbocycles. The minimum Gasteiger partial charge on any atom is -0.460 e. The number of esters is 1. The predicted octanol–water partition coefficient (Wildman–Crippen LogP) is 1.75. The van der Waals surface area contributed by atoms with Crippen molar-refractivity contribution >= 4 is 17.6 Å². The van der Waals surface area contributed by atoms with Gasteiger partial charge in [0.15, 0.2) is 0 Å². The summed E-state index contributed by atoms with van der Waals surface area (Å²) in [5.74, 6) is -1.70. The van der Waals surface area contributed by atoms with Gasteiger partial charge in [0.2, 0.25) is 5.91 Å². The Bertz CT molecular complexity index is 658. The summed E-state index contributed by atoms with van der Waals surface area (Å²) in [5.41, 5.74) is 4.36. The van der Waals surface area contributed by atoms with Crippen LogP contribution in [0.2, 0.25) is 0 Å². The molecule has 0 heterocycles. The minimum atomic E-state index is -0.683. The smallest absolute Gasteiger partial charge is 0.308 e. The molecule has 1 rings (SSSR count). The van der Waals surface area contributed by atoms with Gasteiger partial charge < -0.3 is 15.4 Å². The standard InChI is InChI=1S/C16H22FN3O5/c1-16(2,3)25-15(22)6-7-19(14(21)9-18)10-11-8-12(20(23)24)4-5-13(11)17/h4-5,8H,6-7,9-10,18H2,1-3H3. The third-order valence-electron chi connectivity index (χ3n) is 3.13. The molecule has 1 aromatic carbocycles. The molecule has 2 N–H and O–H groups in total. The van der Waals surface area contributed by atoms with Crippen LogP contribution in [0.3, 0.4) is 0 Å². The van der Waals surface area contributed by atoms with Gasteiger partial charge in [0.25, 0.3) is 5.69 Å². The number of ether oxygens (including phenoxy) is 1. The maximum atomic E-state index is 13.9. The summed E-state index contributed by atoms with van der Waals surface area (Å²) in [4.78, 5) is 35.0. The molecule has 0 saturated carbocycles. The SMILES string of the molecule is CC(C)(C)OC(=O)CCN(Cc1cc([N+](=O)[O-])ccc1F)C(=O)CN. The fourth-order valence-electron chi connectivity index (χ4n) is 2.04. The summed E-state index contributed by atoms with van der Waals surface area (Å²) in [6.45, 7) is 4.55. The number of nitrogens with zero attached hydrogens (tertiary/aromatic N) is 2. The number of hydrogen-bond donors (Lipinski definition) is 1. The van der Waals surface area contributed by atoms with E-state index in [0.717, 1.165) is 18.2 Å². The van der Waals surface area contributed by atoms with E-state index in [1.165, 1.54) is 4.90 Å². The number of non-ortho nitro benzene ring substituents is 1. The van der Waals surface area contributed by atoms with Crippen LogP contribution < -0.4 is 5.73 Å². The average molecular weight is 355 g/mol. The van der Waals surface area contributed by atoms with Crippen molar-refractivity contribution in [1.29, 1.82) is 0 Å². The number of nitro benzene ring substituents is 1. The summed E-state index contributed by atoms with van der Waals surface area (Å²) in [5, 5.41) is 10.8. The Morgan fingerprint density at radius 1 is 1.36 bits per heavy atom. The Morgan fingerprint density at radius 3 is 2.52 bits per heavy atom. The molecule has 0 saturated heterocycles. The maximum absolute atomic E-state index is 13.9. The van der Waals surface area contributed by atoms with Crippen LogP contribution in [-0.2, 0) is 20.9 Å². The second-order valence-corrected chi connectivity index (χ2v) is 6.39. The Morgan fingerprint density at radius 2 is 2.00 bits per heavy atom. The highest BCUT2D eigenvalue weighted by molar-refractivity contribution is 5.79. The van der Waals surface area contributed by atoms with E-state index in [2.05, 4.69) is 0 Å². The molecule has 138 valence electrons. The monoisotopic (exact) mass is 355 g/mol. The van der Waals surface area contributed by atoms with Crippen molar-refractivity contribution in [3.05, 3.63) is 39.7 Å². The normalized spacial score (nSPS) is 11.1. The van der Waals surface area contributed by atoms with Gasteiger partial charge in [0.05, 0.1) is 17.9 Å². The van der Waals surface area contributed by atoms with Crippen LogP contribution in [0.4, 0.5) is 10.1 Å². The number of nitro groups is 1. The predicted molar refractivity (Wildman–Crippen MR) is 88.0 cm³/mol. The zero-order chi connectivity index (χ0) is 19.2. The Hall–Kier alpha value is -2.55. The molecule has 9 heteroatoms. The van der Waals surface area contributed by atoms with Crippen molar-refractivity contribution in [3.8, 4) is 0 Å². The molecule has 8 nitrogen and oxygen atoms in total. The zero-order valence-electron chi connectivity index (χ0n) is 14.5. The van der Waals surface area contributed by atoms with Crippen LogP contribution in [0.25, 0.3) is 0 Å². The van der Waals surface area contributed by atoms with Crippen LogP contribution in [0, 0.1) is 15.9 Å². The van der Waals surface area contributed by atoms with Crippen LogP contribution in [0.5, 0.6) is 0 Å². The number of amides is 1. The van der Waals surface area contributed by atoms with E-state index < -0.39 is 28.2 Å². The highest BCUT2D eigenvalue weighted by atomic mass is 19.1. The molecule has 1 aromatic rings. The first-order valence-electron chi connectivity index (χ1n) is 7.66. The summed E-state index contributed by atoms with van der Waals surface area (Å²) in [6, 6.07) is 3.06. The molecule has 1 amide bonds. The van der Waals surface area contributed by atoms with Gasteiger partial charge >= 0.3 is 5.97 Å². The van der Waals surface area contributed by atoms with Gasteiger partial charge in [-0.2, -0.15) is 0 Å². The first-order chi connectivity index (χ1) is 11.5. The number of carbonyl (C=O) groups is 2. The minimum absolute atomic E-state index is 0.0276. The largest absolute Gasteiger partial charge is 0.460 e. The Balaban J connectivity index is 2.87. The molecule has 0 bridgehead atoms. The van der Waals surface area contributed by atoms with Gasteiger partial charge in [0.1, 0.15) is 11.4 Å². The third kappa shape index (κ3) is 6.84. The first kappa shape index (κ1) is 20.5. The summed E-state index contributed by atoms with van der Waals surface area (Å²) in [6.07, 6.45) is -0.0977. The van der Waals surface area contributed by atoms with E-state index in [0.29, 0.717) is 0 Å². The van der Waals surface area contributed by atoms with Crippen LogP contribution in [0.1, 0.15) is 32.8 Å². The lowest BCUT2D eigenvalue weighted by Gasteiger charge is -2.24. The Kier molecular flexibility index (Phi) is 6.98. The molecular weight excluding hydrogens is 333 g/mol. The van der Waals surface area contributed by atoms with Crippen LogP contribution in [0.15, 0.2) is 18.2 Å². The van der Waals surface area contributed by atoms with Crippen molar-refractivity contribution in [1.82, 2.24) is 4.90 Å². The van der Waals surface area contributed by atoms with E-state index in [-0.39, 0.29) is 37.3 Å². The van der Waals surface area contributed by atoms with Crippen molar-refractivity contribution in [3.63, 3.8) is 0 Å². The first-order valence-corrected chi connectivity index (χ1v) is 7.66. The molecule has 0 aromatic heterocycles. The summed E-state index contributed by atoms with van der Waals surface area (Å²) >= 11 is 0. The fourth-order valence-corrected chi connectivity index (χ4v) is 2.04. The highest BCUT2D eigenvalue weighted by Crippen LogP contribution is 2.19. The van der Waals surface area contributed by atoms with Gasteiger partial charge in [0, 0.05) is 30.8 Å². The molecule has 0 spiro atoms. The average Bonchev–Trinajstić information content (AvgIpc) is 2.50. The van der Waals surface area contributed by atoms with Gasteiger partial charge in [-0.15, -0.1) is 0 Å². The molecule has 0 radical (unpaired) electrons. The Labute approximate surface area is 144 Å². The molecular formula is C16H22FN3O5. The second-order valence-electron chi connectivity index (χ2n) is 6.39. The summed E-state index contributed by atoms with van der Waals surface area (Å²) in [7, 11) is 0. The van der Waals surface area contributed by atoms with Gasteiger partial charge in [-0.05, 0) is 26.8 Å².